The summed E-state index contributed by atoms with van der Waals surface area (Å²) < 4.78 is -0.467. The Kier molecular flexibility index (Phi) is 5.21. The van der Waals surface area contributed by atoms with Crippen LogP contribution < -0.4 is 0 Å². The minimum absolute atomic E-state index is 0.203. The number of benzene rings is 2. The third-order valence-electron chi connectivity index (χ3n) is 4.48. The van der Waals surface area contributed by atoms with E-state index < -0.39 is 4.75 Å². The van der Waals surface area contributed by atoms with Crippen LogP contribution in [0, 0.1) is 0 Å². The lowest BCUT2D eigenvalue weighted by atomic mass is 9.99. The minimum Gasteiger partial charge on any atom is -0.337 e. The molecule has 0 saturated carbocycles. The van der Waals surface area contributed by atoms with Gasteiger partial charge in [-0.15, -0.1) is 11.8 Å². The first kappa shape index (κ1) is 17.4. The molecule has 4 heteroatoms. The lowest BCUT2D eigenvalue weighted by Crippen LogP contribution is -2.45. The number of carbonyl (C=O) groups excluding carboxylic acids is 1. The van der Waals surface area contributed by atoms with Gasteiger partial charge in [-0.2, -0.15) is 0 Å². The van der Waals surface area contributed by atoms with Gasteiger partial charge in [-0.3, -0.25) is 4.79 Å². The molecule has 0 aliphatic carbocycles. The highest BCUT2D eigenvalue weighted by Gasteiger charge is 2.34. The molecule has 0 unspecified atom stereocenters. The summed E-state index contributed by atoms with van der Waals surface area (Å²) in [5.74, 6) is 0.942. The van der Waals surface area contributed by atoms with Crippen molar-refractivity contribution in [2.24, 2.45) is 0 Å². The van der Waals surface area contributed by atoms with Crippen LogP contribution in [0.5, 0.6) is 0 Å². The fourth-order valence-corrected chi connectivity index (χ4v) is 4.29. The lowest BCUT2D eigenvalue weighted by molar-refractivity contribution is -0.133. The maximum Gasteiger partial charge on any atom is 0.238 e. The van der Waals surface area contributed by atoms with Crippen molar-refractivity contribution in [2.45, 2.75) is 37.3 Å². The number of nitrogens with zero attached hydrogens (tertiary/aromatic N) is 1. The largest absolute Gasteiger partial charge is 0.337 e. The molecule has 1 heterocycles. The van der Waals surface area contributed by atoms with E-state index in [0.29, 0.717) is 6.54 Å². The summed E-state index contributed by atoms with van der Waals surface area (Å²) in [6, 6.07) is 16.2. The standard InChI is InChI=1S/C20H22ClNOS/c1-20(2,24-14-17-9-5-6-10-18(17)21)19(23)22-12-11-15-7-3-4-8-16(15)13-22/h3-10H,11-14H2,1-2H3. The van der Waals surface area contributed by atoms with Gasteiger partial charge in [0.1, 0.15) is 0 Å². The molecule has 0 bridgehead atoms. The van der Waals surface area contributed by atoms with Crippen LogP contribution in [0.15, 0.2) is 48.5 Å². The molecule has 1 aliphatic heterocycles. The zero-order chi connectivity index (χ0) is 17.2. The van der Waals surface area contributed by atoms with Gasteiger partial charge in [0.15, 0.2) is 0 Å². The SMILES string of the molecule is CC(C)(SCc1ccccc1Cl)C(=O)N1CCc2ccccc2C1. The molecule has 126 valence electrons. The zero-order valence-corrected chi connectivity index (χ0v) is 15.7. The van der Waals surface area contributed by atoms with Gasteiger partial charge in [0.25, 0.3) is 0 Å². The van der Waals surface area contributed by atoms with Crippen LogP contribution in [0.4, 0.5) is 0 Å². The normalized spacial score (nSPS) is 14.4. The fraction of sp³-hybridized carbons (Fsp3) is 0.350. The highest BCUT2D eigenvalue weighted by atomic mass is 35.5. The van der Waals surface area contributed by atoms with Crippen LogP contribution >= 0.6 is 23.4 Å². The number of thioether (sulfide) groups is 1. The summed E-state index contributed by atoms with van der Waals surface area (Å²) >= 11 is 7.88. The summed E-state index contributed by atoms with van der Waals surface area (Å²) in [5, 5.41) is 0.764. The van der Waals surface area contributed by atoms with Crippen LogP contribution in [-0.2, 0) is 23.5 Å². The van der Waals surface area contributed by atoms with Gasteiger partial charge in [-0.05, 0) is 43.0 Å². The number of hydrogen-bond acceptors (Lipinski definition) is 2. The second-order valence-corrected chi connectivity index (χ2v) is 8.64. The number of fused-ring (bicyclic) bond motifs is 1. The van der Waals surface area contributed by atoms with Gasteiger partial charge in [0.2, 0.25) is 5.91 Å². The van der Waals surface area contributed by atoms with Crippen LogP contribution in [0.25, 0.3) is 0 Å². The average molecular weight is 360 g/mol. The number of carbonyl (C=O) groups is 1. The molecule has 2 nitrogen and oxygen atoms in total. The maximum absolute atomic E-state index is 13.0. The number of halogens is 1. The molecule has 0 atom stereocenters. The highest BCUT2D eigenvalue weighted by Crippen LogP contribution is 2.33. The molecule has 0 saturated heterocycles. The summed E-state index contributed by atoms with van der Waals surface area (Å²) in [4.78, 5) is 15.0. The summed E-state index contributed by atoms with van der Waals surface area (Å²) in [7, 11) is 0. The van der Waals surface area contributed by atoms with Gasteiger partial charge < -0.3 is 4.90 Å². The summed E-state index contributed by atoms with van der Waals surface area (Å²) in [5.41, 5.74) is 3.71. The van der Waals surface area contributed by atoms with E-state index in [0.717, 1.165) is 29.3 Å². The lowest BCUT2D eigenvalue weighted by Gasteiger charge is -2.35. The van der Waals surface area contributed by atoms with Crippen molar-refractivity contribution in [1.29, 1.82) is 0 Å². The van der Waals surface area contributed by atoms with Gasteiger partial charge in [-0.1, -0.05) is 54.1 Å². The molecule has 1 amide bonds. The maximum atomic E-state index is 13.0. The Morgan fingerprint density at radius 1 is 1.12 bits per heavy atom. The van der Waals surface area contributed by atoms with Crippen molar-refractivity contribution in [2.75, 3.05) is 6.54 Å². The fourth-order valence-electron chi connectivity index (χ4n) is 2.99. The molecular formula is C20H22ClNOS. The molecule has 0 radical (unpaired) electrons. The van der Waals surface area contributed by atoms with Crippen molar-refractivity contribution >= 4 is 29.3 Å². The summed E-state index contributed by atoms with van der Waals surface area (Å²) in [6.45, 7) is 5.53. The second-order valence-electron chi connectivity index (χ2n) is 6.64. The minimum atomic E-state index is -0.467. The smallest absolute Gasteiger partial charge is 0.238 e. The van der Waals surface area contributed by atoms with Gasteiger partial charge in [-0.25, -0.2) is 0 Å². The average Bonchev–Trinajstić information content (AvgIpc) is 2.60. The van der Waals surface area contributed by atoms with Crippen LogP contribution in [0.1, 0.15) is 30.5 Å². The molecule has 2 aromatic carbocycles. The Morgan fingerprint density at radius 3 is 2.54 bits per heavy atom. The quantitative estimate of drug-likeness (QED) is 0.770. The number of hydrogen-bond donors (Lipinski definition) is 0. The monoisotopic (exact) mass is 359 g/mol. The molecule has 3 rings (SSSR count). The summed E-state index contributed by atoms with van der Waals surface area (Å²) in [6.07, 6.45) is 0.938. The van der Waals surface area contributed by atoms with Gasteiger partial charge in [0.05, 0.1) is 4.75 Å². The predicted octanol–water partition coefficient (Wildman–Crippen LogP) is 4.94. The third-order valence-corrected chi connectivity index (χ3v) is 6.20. The Labute approximate surface area is 153 Å². The molecule has 2 aromatic rings. The molecule has 0 aromatic heterocycles. The zero-order valence-electron chi connectivity index (χ0n) is 14.1. The van der Waals surface area contributed by atoms with E-state index in [-0.39, 0.29) is 5.91 Å². The Bertz CT molecular complexity index is 744. The number of amides is 1. The molecule has 0 fully saturated rings. The van der Waals surface area contributed by atoms with Crippen molar-refractivity contribution < 1.29 is 4.79 Å². The number of rotatable bonds is 4. The first-order valence-electron chi connectivity index (χ1n) is 8.21. The topological polar surface area (TPSA) is 20.3 Å². The Hall–Kier alpha value is -1.45. The first-order chi connectivity index (χ1) is 11.5. The van der Waals surface area contributed by atoms with E-state index in [9.17, 15) is 4.79 Å². The Balaban J connectivity index is 1.66. The third kappa shape index (κ3) is 3.79. The second kappa shape index (κ2) is 7.20. The Morgan fingerprint density at radius 2 is 1.79 bits per heavy atom. The molecule has 1 aliphatic rings. The van der Waals surface area contributed by atoms with Crippen LogP contribution in [0.3, 0.4) is 0 Å². The van der Waals surface area contributed by atoms with E-state index in [1.54, 1.807) is 11.8 Å². The van der Waals surface area contributed by atoms with E-state index in [1.807, 2.05) is 49.1 Å². The van der Waals surface area contributed by atoms with E-state index in [4.69, 9.17) is 11.6 Å². The van der Waals surface area contributed by atoms with E-state index in [2.05, 4.69) is 18.2 Å². The van der Waals surface area contributed by atoms with Crippen molar-refractivity contribution in [1.82, 2.24) is 4.90 Å². The first-order valence-corrected chi connectivity index (χ1v) is 9.57. The van der Waals surface area contributed by atoms with E-state index in [1.165, 1.54) is 11.1 Å². The van der Waals surface area contributed by atoms with Crippen molar-refractivity contribution in [3.05, 3.63) is 70.2 Å². The van der Waals surface area contributed by atoms with Gasteiger partial charge in [0, 0.05) is 23.9 Å². The van der Waals surface area contributed by atoms with Crippen molar-refractivity contribution in [3.8, 4) is 0 Å². The molecule has 24 heavy (non-hydrogen) atoms. The van der Waals surface area contributed by atoms with Crippen molar-refractivity contribution in [3.63, 3.8) is 0 Å². The highest BCUT2D eigenvalue weighted by molar-refractivity contribution is 8.00. The molecule has 0 N–H and O–H groups in total. The predicted molar refractivity (Wildman–Crippen MR) is 102 cm³/mol. The van der Waals surface area contributed by atoms with Crippen LogP contribution in [0.2, 0.25) is 5.02 Å². The van der Waals surface area contributed by atoms with Crippen LogP contribution in [-0.4, -0.2) is 22.1 Å². The van der Waals surface area contributed by atoms with Gasteiger partial charge >= 0.3 is 0 Å². The van der Waals surface area contributed by atoms with E-state index >= 15 is 0 Å². The molecule has 0 spiro atoms. The molecular weight excluding hydrogens is 338 g/mol.